The van der Waals surface area contributed by atoms with E-state index < -0.39 is 5.97 Å². The first-order valence-electron chi connectivity index (χ1n) is 6.70. The molecule has 1 aromatic rings. The Kier molecular flexibility index (Phi) is 4.74. The molecule has 0 bridgehead atoms. The summed E-state index contributed by atoms with van der Waals surface area (Å²) in [6.45, 7) is 4.73. The normalized spacial score (nSPS) is 21.9. The van der Waals surface area contributed by atoms with Gasteiger partial charge in [0, 0.05) is 19.3 Å². The summed E-state index contributed by atoms with van der Waals surface area (Å²) in [5.41, 5.74) is 0.0218. The minimum atomic E-state index is -1.09. The Morgan fingerprint density at radius 3 is 2.67 bits per heavy atom. The molecular weight excluding hydrogens is 276 g/mol. The Labute approximate surface area is 122 Å². The lowest BCUT2D eigenvalue weighted by Gasteiger charge is -2.35. The first-order chi connectivity index (χ1) is 9.95. The van der Waals surface area contributed by atoms with Gasteiger partial charge in [-0.1, -0.05) is 0 Å². The highest BCUT2D eigenvalue weighted by Gasteiger charge is 2.26. The maximum Gasteiger partial charge on any atom is 0.337 e. The van der Waals surface area contributed by atoms with E-state index in [2.05, 4.69) is 4.98 Å². The summed E-state index contributed by atoms with van der Waals surface area (Å²) in [5.74, 6) is -0.981. The molecule has 1 amide bonds. The quantitative estimate of drug-likeness (QED) is 0.883. The van der Waals surface area contributed by atoms with Crippen molar-refractivity contribution in [2.75, 3.05) is 19.7 Å². The molecule has 1 N–H and O–H groups in total. The summed E-state index contributed by atoms with van der Waals surface area (Å²) in [5, 5.41) is 8.86. The number of aromatic carboxylic acids is 1. The predicted octanol–water partition coefficient (Wildman–Crippen LogP) is 0.794. The SMILES string of the molecule is CC1CN(C(=O)COc2cncc(C(=O)O)c2)CC(C)O1. The summed E-state index contributed by atoms with van der Waals surface area (Å²) in [6.07, 6.45) is 2.59. The minimum Gasteiger partial charge on any atom is -0.482 e. The van der Waals surface area contributed by atoms with E-state index in [1.54, 1.807) is 4.90 Å². The zero-order valence-electron chi connectivity index (χ0n) is 12.0. The maximum atomic E-state index is 12.1. The minimum absolute atomic E-state index is 0.00490. The van der Waals surface area contributed by atoms with Gasteiger partial charge in [0.2, 0.25) is 0 Å². The molecule has 1 aliphatic heterocycles. The number of pyridine rings is 1. The molecule has 1 aromatic heterocycles. The van der Waals surface area contributed by atoms with Gasteiger partial charge < -0.3 is 19.5 Å². The molecule has 7 nitrogen and oxygen atoms in total. The fourth-order valence-corrected chi connectivity index (χ4v) is 2.23. The molecule has 1 saturated heterocycles. The van der Waals surface area contributed by atoms with Gasteiger partial charge in [-0.2, -0.15) is 0 Å². The van der Waals surface area contributed by atoms with Crippen molar-refractivity contribution in [3.63, 3.8) is 0 Å². The molecule has 0 spiro atoms. The number of hydrogen-bond donors (Lipinski definition) is 1. The largest absolute Gasteiger partial charge is 0.482 e. The molecule has 21 heavy (non-hydrogen) atoms. The van der Waals surface area contributed by atoms with E-state index >= 15 is 0 Å². The third-order valence-corrected chi connectivity index (χ3v) is 3.09. The number of aromatic nitrogens is 1. The van der Waals surface area contributed by atoms with Crippen LogP contribution < -0.4 is 4.74 Å². The number of ether oxygens (including phenoxy) is 2. The number of hydrogen-bond acceptors (Lipinski definition) is 5. The first-order valence-corrected chi connectivity index (χ1v) is 6.70. The van der Waals surface area contributed by atoms with Crippen molar-refractivity contribution in [2.45, 2.75) is 26.1 Å². The van der Waals surface area contributed by atoms with Crippen molar-refractivity contribution < 1.29 is 24.2 Å². The maximum absolute atomic E-state index is 12.1. The van der Waals surface area contributed by atoms with Crippen molar-refractivity contribution >= 4 is 11.9 Å². The molecule has 0 aromatic carbocycles. The van der Waals surface area contributed by atoms with Crippen LogP contribution in [-0.4, -0.2) is 58.8 Å². The van der Waals surface area contributed by atoms with E-state index in [0.29, 0.717) is 13.1 Å². The fourth-order valence-electron chi connectivity index (χ4n) is 2.23. The summed E-state index contributed by atoms with van der Waals surface area (Å²) < 4.78 is 10.9. The number of nitrogens with zero attached hydrogens (tertiary/aromatic N) is 2. The van der Waals surface area contributed by atoms with Crippen LogP contribution >= 0.6 is 0 Å². The zero-order valence-corrected chi connectivity index (χ0v) is 12.0. The number of morpholine rings is 1. The number of carbonyl (C=O) groups is 2. The number of carboxylic acids is 1. The van der Waals surface area contributed by atoms with Crippen LogP contribution in [0.2, 0.25) is 0 Å². The predicted molar refractivity (Wildman–Crippen MR) is 73.3 cm³/mol. The van der Waals surface area contributed by atoms with Crippen molar-refractivity contribution in [3.8, 4) is 5.75 Å². The van der Waals surface area contributed by atoms with Gasteiger partial charge in [0.05, 0.1) is 24.0 Å². The highest BCUT2D eigenvalue weighted by atomic mass is 16.5. The van der Waals surface area contributed by atoms with Crippen molar-refractivity contribution in [1.82, 2.24) is 9.88 Å². The van der Waals surface area contributed by atoms with Crippen LogP contribution in [0.3, 0.4) is 0 Å². The van der Waals surface area contributed by atoms with Gasteiger partial charge in [-0.25, -0.2) is 4.79 Å². The second kappa shape index (κ2) is 6.53. The molecule has 1 aliphatic rings. The molecule has 1 fully saturated rings. The summed E-state index contributed by atoms with van der Waals surface area (Å²) >= 11 is 0. The van der Waals surface area contributed by atoms with E-state index in [4.69, 9.17) is 14.6 Å². The average Bonchev–Trinajstić information content (AvgIpc) is 2.44. The Morgan fingerprint density at radius 2 is 2.05 bits per heavy atom. The van der Waals surface area contributed by atoms with Crippen molar-refractivity contribution in [3.05, 3.63) is 24.0 Å². The second-order valence-electron chi connectivity index (χ2n) is 5.06. The fraction of sp³-hybridized carbons (Fsp3) is 0.500. The summed E-state index contributed by atoms with van der Waals surface area (Å²) in [4.78, 5) is 28.4. The van der Waals surface area contributed by atoms with Crippen LogP contribution in [0.4, 0.5) is 0 Å². The average molecular weight is 294 g/mol. The molecule has 7 heteroatoms. The standard InChI is InChI=1S/C14H18N2O5/c1-9-6-16(7-10(2)21-9)13(17)8-20-12-3-11(14(18)19)4-15-5-12/h3-5,9-10H,6-8H2,1-2H3,(H,18,19). The lowest BCUT2D eigenvalue weighted by atomic mass is 10.2. The van der Waals surface area contributed by atoms with Crippen LogP contribution in [-0.2, 0) is 9.53 Å². The summed E-state index contributed by atoms with van der Waals surface area (Å²) in [7, 11) is 0. The molecular formula is C14H18N2O5. The van der Waals surface area contributed by atoms with Crippen LogP contribution in [0.1, 0.15) is 24.2 Å². The van der Waals surface area contributed by atoms with Gasteiger partial charge >= 0.3 is 5.97 Å². The van der Waals surface area contributed by atoms with Crippen molar-refractivity contribution in [2.24, 2.45) is 0 Å². The van der Waals surface area contributed by atoms with E-state index in [1.807, 2.05) is 13.8 Å². The molecule has 0 aliphatic carbocycles. The molecule has 0 saturated carbocycles. The van der Waals surface area contributed by atoms with Gasteiger partial charge in [0.1, 0.15) is 5.75 Å². The topological polar surface area (TPSA) is 89.0 Å². The van der Waals surface area contributed by atoms with E-state index in [0.717, 1.165) is 0 Å². The smallest absolute Gasteiger partial charge is 0.337 e. The lowest BCUT2D eigenvalue weighted by Crippen LogP contribution is -2.49. The molecule has 0 radical (unpaired) electrons. The molecule has 114 valence electrons. The molecule has 2 rings (SSSR count). The van der Waals surface area contributed by atoms with Crippen LogP contribution in [0.15, 0.2) is 18.5 Å². The van der Waals surface area contributed by atoms with E-state index in [1.165, 1.54) is 18.5 Å². The number of amides is 1. The summed E-state index contributed by atoms with van der Waals surface area (Å²) in [6, 6.07) is 1.34. The monoisotopic (exact) mass is 294 g/mol. The number of rotatable bonds is 4. The van der Waals surface area contributed by atoms with Crippen LogP contribution in [0.25, 0.3) is 0 Å². The van der Waals surface area contributed by atoms with Gasteiger partial charge in [-0.3, -0.25) is 9.78 Å². The number of carbonyl (C=O) groups excluding carboxylic acids is 1. The van der Waals surface area contributed by atoms with Gasteiger partial charge in [-0.15, -0.1) is 0 Å². The third-order valence-electron chi connectivity index (χ3n) is 3.09. The van der Waals surface area contributed by atoms with Gasteiger partial charge in [0.15, 0.2) is 6.61 Å². The molecule has 2 heterocycles. The third kappa shape index (κ3) is 4.16. The van der Waals surface area contributed by atoms with Gasteiger partial charge in [-0.05, 0) is 19.9 Å². The lowest BCUT2D eigenvalue weighted by molar-refractivity contribution is -0.145. The highest BCUT2D eigenvalue weighted by molar-refractivity contribution is 5.87. The van der Waals surface area contributed by atoms with Crippen LogP contribution in [0.5, 0.6) is 5.75 Å². The Hall–Kier alpha value is -2.15. The Bertz CT molecular complexity index is 524. The zero-order chi connectivity index (χ0) is 15.4. The second-order valence-corrected chi connectivity index (χ2v) is 5.06. The van der Waals surface area contributed by atoms with E-state index in [9.17, 15) is 9.59 Å². The molecule has 2 atom stereocenters. The van der Waals surface area contributed by atoms with Crippen molar-refractivity contribution in [1.29, 1.82) is 0 Å². The van der Waals surface area contributed by atoms with E-state index in [-0.39, 0.29) is 36.0 Å². The van der Waals surface area contributed by atoms with Gasteiger partial charge in [0.25, 0.3) is 5.91 Å². The Balaban J connectivity index is 1.92. The first kappa shape index (κ1) is 15.2. The highest BCUT2D eigenvalue weighted by Crippen LogP contribution is 2.13. The molecule has 2 unspecified atom stereocenters. The Morgan fingerprint density at radius 1 is 1.38 bits per heavy atom. The number of carboxylic acid groups (broad SMARTS) is 1. The van der Waals surface area contributed by atoms with Crippen LogP contribution in [0, 0.1) is 0 Å².